The first-order valence-corrected chi connectivity index (χ1v) is 9.42. The molecule has 0 amide bonds. The molecule has 0 saturated carbocycles. The standard InChI is InChI=1S/C18H23O3P/c1-17(2)18(3,4)21-22(19,20-17)12-11-14-9-10-15-7-5-6-8-16(15)13-14/h5-10,13H,11-12H2,1-4H3. The molecule has 0 aromatic heterocycles. The summed E-state index contributed by atoms with van der Waals surface area (Å²) < 4.78 is 24.4. The molecule has 0 atom stereocenters. The monoisotopic (exact) mass is 318 g/mol. The minimum Gasteiger partial charge on any atom is -0.299 e. The Morgan fingerprint density at radius 2 is 1.50 bits per heavy atom. The molecule has 118 valence electrons. The van der Waals surface area contributed by atoms with Crippen LogP contribution in [0.4, 0.5) is 0 Å². The van der Waals surface area contributed by atoms with Crippen molar-refractivity contribution in [1.29, 1.82) is 0 Å². The van der Waals surface area contributed by atoms with Crippen molar-refractivity contribution in [3.8, 4) is 0 Å². The molecule has 1 aliphatic heterocycles. The molecule has 0 bridgehead atoms. The van der Waals surface area contributed by atoms with Gasteiger partial charge in [-0.25, -0.2) is 0 Å². The van der Waals surface area contributed by atoms with E-state index in [4.69, 9.17) is 9.05 Å². The molecule has 22 heavy (non-hydrogen) atoms. The van der Waals surface area contributed by atoms with Crippen LogP contribution < -0.4 is 0 Å². The van der Waals surface area contributed by atoms with Crippen molar-refractivity contribution in [2.24, 2.45) is 0 Å². The van der Waals surface area contributed by atoms with Gasteiger partial charge < -0.3 is 0 Å². The third-order valence-corrected chi connectivity index (χ3v) is 6.91. The molecule has 2 aromatic rings. The summed E-state index contributed by atoms with van der Waals surface area (Å²) in [5.41, 5.74) is 0.0845. The van der Waals surface area contributed by atoms with Gasteiger partial charge in [0.15, 0.2) is 0 Å². The number of fused-ring (bicyclic) bond motifs is 1. The number of rotatable bonds is 3. The van der Waals surface area contributed by atoms with Gasteiger partial charge in [-0.2, -0.15) is 0 Å². The normalized spacial score (nSPS) is 22.0. The Morgan fingerprint density at radius 3 is 2.14 bits per heavy atom. The fraction of sp³-hybridized carbons (Fsp3) is 0.444. The van der Waals surface area contributed by atoms with Crippen LogP contribution in [0.1, 0.15) is 33.3 Å². The molecule has 1 heterocycles. The Hall–Kier alpha value is -1.15. The fourth-order valence-electron chi connectivity index (χ4n) is 2.69. The molecule has 3 rings (SSSR count). The summed E-state index contributed by atoms with van der Waals surface area (Å²) in [5, 5.41) is 2.42. The first kappa shape index (κ1) is 15.7. The SMILES string of the molecule is CC1(C)OP(=O)(CCc2ccc3ccccc3c2)OC1(C)C. The van der Waals surface area contributed by atoms with Crippen molar-refractivity contribution in [1.82, 2.24) is 0 Å². The maximum absolute atomic E-state index is 12.8. The Balaban J connectivity index is 1.76. The van der Waals surface area contributed by atoms with Crippen LogP contribution in [-0.2, 0) is 20.0 Å². The zero-order valence-corrected chi connectivity index (χ0v) is 14.5. The summed E-state index contributed by atoms with van der Waals surface area (Å²) in [6.45, 7) is 7.73. The van der Waals surface area contributed by atoms with E-state index in [0.717, 1.165) is 5.56 Å². The fourth-order valence-corrected chi connectivity index (χ4v) is 5.27. The summed E-state index contributed by atoms with van der Waals surface area (Å²) in [7, 11) is -3.04. The van der Waals surface area contributed by atoms with E-state index in [9.17, 15) is 4.57 Å². The van der Waals surface area contributed by atoms with Crippen LogP contribution in [0.15, 0.2) is 42.5 Å². The van der Waals surface area contributed by atoms with Gasteiger partial charge in [0.25, 0.3) is 0 Å². The van der Waals surface area contributed by atoms with Gasteiger partial charge in [-0.3, -0.25) is 13.6 Å². The van der Waals surface area contributed by atoms with Gasteiger partial charge in [-0.05, 0) is 50.5 Å². The predicted molar refractivity (Wildman–Crippen MR) is 90.5 cm³/mol. The van der Waals surface area contributed by atoms with Gasteiger partial charge in [-0.1, -0.05) is 42.5 Å². The molecule has 1 fully saturated rings. The number of hydrogen-bond acceptors (Lipinski definition) is 3. The molecule has 0 spiro atoms. The number of hydrogen-bond donors (Lipinski definition) is 0. The first-order valence-electron chi connectivity index (χ1n) is 7.69. The van der Waals surface area contributed by atoms with Crippen LogP contribution in [0.2, 0.25) is 0 Å². The van der Waals surface area contributed by atoms with Crippen LogP contribution in [-0.4, -0.2) is 17.4 Å². The smallest absolute Gasteiger partial charge is 0.299 e. The Labute approximate surface area is 132 Å². The predicted octanol–water partition coefficient (Wildman–Crippen LogP) is 5.18. The van der Waals surface area contributed by atoms with Crippen molar-refractivity contribution in [3.05, 3.63) is 48.0 Å². The topological polar surface area (TPSA) is 35.5 Å². The van der Waals surface area contributed by atoms with Gasteiger partial charge in [-0.15, -0.1) is 0 Å². The maximum atomic E-state index is 12.8. The van der Waals surface area contributed by atoms with Crippen LogP contribution in [0, 0.1) is 0 Å². The molecule has 3 nitrogen and oxygen atoms in total. The van der Waals surface area contributed by atoms with Crippen molar-refractivity contribution >= 4 is 18.4 Å². The zero-order valence-electron chi connectivity index (χ0n) is 13.6. The second kappa shape index (κ2) is 5.19. The molecule has 2 aromatic carbocycles. The van der Waals surface area contributed by atoms with E-state index in [0.29, 0.717) is 12.6 Å². The molecular formula is C18H23O3P. The largest absolute Gasteiger partial charge is 0.332 e. The van der Waals surface area contributed by atoms with E-state index >= 15 is 0 Å². The van der Waals surface area contributed by atoms with Crippen molar-refractivity contribution < 1.29 is 13.6 Å². The van der Waals surface area contributed by atoms with E-state index in [1.165, 1.54) is 10.8 Å². The summed E-state index contributed by atoms with van der Waals surface area (Å²) in [4.78, 5) is 0. The van der Waals surface area contributed by atoms with Crippen LogP contribution in [0.5, 0.6) is 0 Å². The van der Waals surface area contributed by atoms with Crippen molar-refractivity contribution in [2.75, 3.05) is 6.16 Å². The van der Waals surface area contributed by atoms with E-state index in [-0.39, 0.29) is 0 Å². The Kier molecular flexibility index (Phi) is 3.71. The highest BCUT2D eigenvalue weighted by Gasteiger charge is 2.54. The zero-order chi connectivity index (χ0) is 16.0. The molecule has 4 heteroatoms. The summed E-state index contributed by atoms with van der Waals surface area (Å²) >= 11 is 0. The Bertz CT molecular complexity index is 729. The van der Waals surface area contributed by atoms with Gasteiger partial charge >= 0.3 is 7.60 Å². The third-order valence-electron chi connectivity index (χ3n) is 4.67. The number of aryl methyl sites for hydroxylation is 1. The second-order valence-electron chi connectivity index (χ2n) is 6.97. The summed E-state index contributed by atoms with van der Waals surface area (Å²) in [6, 6.07) is 14.6. The summed E-state index contributed by atoms with van der Waals surface area (Å²) in [5.74, 6) is 0. The lowest BCUT2D eigenvalue weighted by Gasteiger charge is -2.29. The lowest BCUT2D eigenvalue weighted by Crippen LogP contribution is -2.41. The van der Waals surface area contributed by atoms with Gasteiger partial charge in [0.05, 0.1) is 6.16 Å². The average Bonchev–Trinajstić information content (AvgIpc) is 2.60. The first-order chi connectivity index (χ1) is 10.2. The highest BCUT2D eigenvalue weighted by Crippen LogP contribution is 2.63. The molecule has 0 radical (unpaired) electrons. The Morgan fingerprint density at radius 1 is 0.909 bits per heavy atom. The minimum absolute atomic E-state index is 0.415. The van der Waals surface area contributed by atoms with Crippen LogP contribution in [0.3, 0.4) is 0 Å². The van der Waals surface area contributed by atoms with Crippen LogP contribution >= 0.6 is 7.60 Å². The van der Waals surface area contributed by atoms with E-state index in [1.807, 2.05) is 39.8 Å². The highest BCUT2D eigenvalue weighted by molar-refractivity contribution is 7.54. The van der Waals surface area contributed by atoms with E-state index in [1.54, 1.807) is 0 Å². The maximum Gasteiger partial charge on any atom is 0.332 e. The second-order valence-corrected chi connectivity index (χ2v) is 9.00. The molecule has 0 aliphatic carbocycles. The van der Waals surface area contributed by atoms with E-state index in [2.05, 4.69) is 30.3 Å². The quantitative estimate of drug-likeness (QED) is 0.732. The van der Waals surface area contributed by atoms with Crippen molar-refractivity contribution in [2.45, 2.75) is 45.3 Å². The van der Waals surface area contributed by atoms with Gasteiger partial charge in [0, 0.05) is 0 Å². The van der Waals surface area contributed by atoms with Crippen LogP contribution in [0.25, 0.3) is 10.8 Å². The molecule has 0 N–H and O–H groups in total. The number of benzene rings is 2. The lowest BCUT2D eigenvalue weighted by atomic mass is 9.90. The molecular weight excluding hydrogens is 295 g/mol. The lowest BCUT2D eigenvalue weighted by molar-refractivity contribution is 0.00578. The van der Waals surface area contributed by atoms with Gasteiger partial charge in [0.2, 0.25) is 0 Å². The third kappa shape index (κ3) is 2.86. The molecule has 0 unspecified atom stereocenters. The minimum atomic E-state index is -3.04. The average molecular weight is 318 g/mol. The molecule has 1 aliphatic rings. The van der Waals surface area contributed by atoms with Gasteiger partial charge in [0.1, 0.15) is 11.2 Å². The van der Waals surface area contributed by atoms with E-state index < -0.39 is 18.8 Å². The molecule has 1 saturated heterocycles. The summed E-state index contributed by atoms with van der Waals surface area (Å²) in [6.07, 6.45) is 1.10. The van der Waals surface area contributed by atoms with Crippen molar-refractivity contribution in [3.63, 3.8) is 0 Å². The highest BCUT2D eigenvalue weighted by atomic mass is 31.2.